The van der Waals surface area contributed by atoms with E-state index in [0.29, 0.717) is 17.2 Å². The highest BCUT2D eigenvalue weighted by Crippen LogP contribution is 2.26. The third kappa shape index (κ3) is 3.92. The minimum absolute atomic E-state index is 0.111. The number of carbonyl (C=O) groups excluding carboxylic acids is 2. The molecule has 0 aliphatic carbocycles. The van der Waals surface area contributed by atoms with Gasteiger partial charge in [0.1, 0.15) is 18.1 Å². The van der Waals surface area contributed by atoms with E-state index in [1.54, 1.807) is 17.4 Å². The summed E-state index contributed by atoms with van der Waals surface area (Å²) in [4.78, 5) is 24.5. The van der Waals surface area contributed by atoms with Crippen molar-refractivity contribution in [2.45, 2.75) is 6.61 Å². The smallest absolute Gasteiger partial charge is 0.338 e. The zero-order valence-corrected chi connectivity index (χ0v) is 14.9. The molecule has 0 fully saturated rings. The van der Waals surface area contributed by atoms with Gasteiger partial charge in [-0.25, -0.2) is 9.59 Å². The Bertz CT molecular complexity index is 881. The first-order valence-corrected chi connectivity index (χ1v) is 8.42. The molecular formula is C18H15NO6S. The highest BCUT2D eigenvalue weighted by atomic mass is 32.1. The number of thiophene rings is 1. The lowest BCUT2D eigenvalue weighted by Crippen LogP contribution is -2.07. The topological polar surface area (TPSA) is 87.9 Å². The lowest BCUT2D eigenvalue weighted by Gasteiger charge is -2.08. The van der Waals surface area contributed by atoms with Crippen LogP contribution in [-0.4, -0.2) is 31.3 Å². The van der Waals surface area contributed by atoms with E-state index in [2.05, 4.69) is 5.16 Å². The Morgan fingerprint density at radius 1 is 1.08 bits per heavy atom. The maximum Gasteiger partial charge on any atom is 0.338 e. The molecule has 0 spiro atoms. The van der Waals surface area contributed by atoms with Crippen LogP contribution in [-0.2, 0) is 16.1 Å². The van der Waals surface area contributed by atoms with Gasteiger partial charge in [0.2, 0.25) is 0 Å². The molecule has 2 aromatic heterocycles. The van der Waals surface area contributed by atoms with Crippen LogP contribution in [0.1, 0.15) is 26.4 Å². The van der Waals surface area contributed by atoms with E-state index >= 15 is 0 Å². The number of methoxy groups -OCH3 is 2. The molecule has 0 aliphatic heterocycles. The predicted molar refractivity (Wildman–Crippen MR) is 93.3 cm³/mol. The van der Waals surface area contributed by atoms with Crippen molar-refractivity contribution in [2.24, 2.45) is 0 Å². The summed E-state index contributed by atoms with van der Waals surface area (Å²) in [5.41, 5.74) is 0.950. The summed E-state index contributed by atoms with van der Waals surface area (Å²) in [6.07, 6.45) is 0. The van der Waals surface area contributed by atoms with Crippen molar-refractivity contribution in [1.29, 1.82) is 0 Å². The van der Waals surface area contributed by atoms with Gasteiger partial charge in [-0.05, 0) is 29.6 Å². The fourth-order valence-electron chi connectivity index (χ4n) is 2.23. The second-order valence-electron chi connectivity index (χ2n) is 5.18. The number of ether oxygens (including phenoxy) is 3. The van der Waals surface area contributed by atoms with Crippen molar-refractivity contribution in [2.75, 3.05) is 14.2 Å². The van der Waals surface area contributed by atoms with E-state index < -0.39 is 11.9 Å². The van der Waals surface area contributed by atoms with Crippen LogP contribution in [0.3, 0.4) is 0 Å². The lowest BCUT2D eigenvalue weighted by atomic mass is 10.1. The first kappa shape index (κ1) is 17.7. The van der Waals surface area contributed by atoms with Gasteiger partial charge in [-0.3, -0.25) is 0 Å². The van der Waals surface area contributed by atoms with Crippen molar-refractivity contribution in [1.82, 2.24) is 5.16 Å². The van der Waals surface area contributed by atoms with Crippen LogP contribution in [0.4, 0.5) is 0 Å². The predicted octanol–water partition coefficient (Wildman–Crippen LogP) is 3.56. The van der Waals surface area contributed by atoms with Gasteiger partial charge in [0, 0.05) is 6.07 Å². The van der Waals surface area contributed by atoms with E-state index in [4.69, 9.17) is 18.7 Å². The van der Waals surface area contributed by atoms with Crippen molar-refractivity contribution >= 4 is 23.3 Å². The van der Waals surface area contributed by atoms with Gasteiger partial charge in [-0.2, -0.15) is 0 Å². The van der Waals surface area contributed by atoms with Gasteiger partial charge in [0.05, 0.1) is 30.2 Å². The summed E-state index contributed by atoms with van der Waals surface area (Å²) in [5, 5.41) is 5.90. The van der Waals surface area contributed by atoms with Gasteiger partial charge in [0.15, 0.2) is 5.76 Å². The normalized spacial score (nSPS) is 10.4. The fourth-order valence-corrected chi connectivity index (χ4v) is 2.90. The third-order valence-corrected chi connectivity index (χ3v) is 4.34. The van der Waals surface area contributed by atoms with E-state index in [-0.39, 0.29) is 17.7 Å². The summed E-state index contributed by atoms with van der Waals surface area (Å²) in [7, 11) is 2.52. The maximum absolute atomic E-state index is 11.8. The van der Waals surface area contributed by atoms with E-state index in [1.165, 1.54) is 32.4 Å². The Morgan fingerprint density at radius 2 is 1.77 bits per heavy atom. The monoisotopic (exact) mass is 373 g/mol. The average molecular weight is 373 g/mol. The fraction of sp³-hybridized carbons (Fsp3) is 0.167. The molecule has 0 atom stereocenters. The molecule has 1 aromatic carbocycles. The standard InChI is InChI=1S/C18H15NO6S/c1-22-17(20)11-6-12(18(21)23-2)8-14(7-11)24-10-13-9-15(25-19-13)16-4-3-5-26-16/h3-9H,10H2,1-2H3. The van der Waals surface area contributed by atoms with Gasteiger partial charge >= 0.3 is 11.9 Å². The lowest BCUT2D eigenvalue weighted by molar-refractivity contribution is 0.0598. The molecule has 0 saturated carbocycles. The minimum atomic E-state index is -0.581. The van der Waals surface area contributed by atoms with Crippen LogP contribution in [0.25, 0.3) is 10.6 Å². The molecule has 0 unspecified atom stereocenters. The molecule has 3 aromatic rings. The Morgan fingerprint density at radius 3 is 2.35 bits per heavy atom. The van der Waals surface area contributed by atoms with E-state index in [0.717, 1.165) is 4.88 Å². The molecule has 7 nitrogen and oxygen atoms in total. The first-order valence-electron chi connectivity index (χ1n) is 7.54. The van der Waals surface area contributed by atoms with Crippen molar-refractivity contribution in [3.8, 4) is 16.4 Å². The van der Waals surface area contributed by atoms with E-state index in [9.17, 15) is 9.59 Å². The molecular weight excluding hydrogens is 358 g/mol. The molecule has 134 valence electrons. The number of rotatable bonds is 6. The molecule has 8 heteroatoms. The molecule has 3 rings (SSSR count). The van der Waals surface area contributed by atoms with Gasteiger partial charge in [0.25, 0.3) is 0 Å². The zero-order chi connectivity index (χ0) is 18.5. The summed E-state index contributed by atoms with van der Waals surface area (Å²) in [6.45, 7) is 0.111. The van der Waals surface area contributed by atoms with Crippen LogP contribution in [0, 0.1) is 0 Å². The number of esters is 2. The largest absolute Gasteiger partial charge is 0.487 e. The first-order chi connectivity index (χ1) is 12.6. The Kier molecular flexibility index (Phi) is 5.33. The van der Waals surface area contributed by atoms with Crippen molar-refractivity contribution in [3.63, 3.8) is 0 Å². The summed E-state index contributed by atoms with van der Waals surface area (Å²) in [6, 6.07) is 9.98. The van der Waals surface area contributed by atoms with E-state index in [1.807, 2.05) is 17.5 Å². The Hall–Kier alpha value is -3.13. The third-order valence-electron chi connectivity index (χ3n) is 3.46. The van der Waals surface area contributed by atoms with Crippen molar-refractivity contribution < 1.29 is 28.3 Å². The number of carbonyl (C=O) groups is 2. The molecule has 26 heavy (non-hydrogen) atoms. The SMILES string of the molecule is COC(=O)c1cc(OCc2cc(-c3cccs3)on2)cc(C(=O)OC)c1. The van der Waals surface area contributed by atoms with Gasteiger partial charge in [-0.1, -0.05) is 11.2 Å². The molecule has 0 bridgehead atoms. The number of aromatic nitrogens is 1. The highest BCUT2D eigenvalue weighted by molar-refractivity contribution is 7.13. The second-order valence-corrected chi connectivity index (χ2v) is 6.13. The highest BCUT2D eigenvalue weighted by Gasteiger charge is 2.15. The van der Waals surface area contributed by atoms with Crippen LogP contribution in [0.15, 0.2) is 46.3 Å². The molecule has 0 radical (unpaired) electrons. The van der Waals surface area contributed by atoms with Crippen LogP contribution in [0.2, 0.25) is 0 Å². The summed E-state index contributed by atoms with van der Waals surface area (Å²) < 4.78 is 20.3. The molecule has 0 N–H and O–H groups in total. The summed E-state index contributed by atoms with van der Waals surface area (Å²) >= 11 is 1.54. The average Bonchev–Trinajstić information content (AvgIpc) is 3.36. The molecule has 0 aliphatic rings. The quantitative estimate of drug-likeness (QED) is 0.611. The number of benzene rings is 1. The summed E-state index contributed by atoms with van der Waals surface area (Å²) in [5.74, 6) is -0.199. The second kappa shape index (κ2) is 7.83. The number of nitrogens with zero attached hydrogens (tertiary/aromatic N) is 1. The number of hydrogen-bond acceptors (Lipinski definition) is 8. The Labute approximate surface area is 153 Å². The van der Waals surface area contributed by atoms with Crippen LogP contribution >= 0.6 is 11.3 Å². The Balaban J connectivity index is 1.78. The molecule has 2 heterocycles. The van der Waals surface area contributed by atoms with Crippen LogP contribution < -0.4 is 4.74 Å². The molecule has 0 amide bonds. The zero-order valence-electron chi connectivity index (χ0n) is 14.1. The van der Waals surface area contributed by atoms with Crippen molar-refractivity contribution in [3.05, 3.63) is 58.6 Å². The van der Waals surface area contributed by atoms with Gasteiger partial charge in [-0.15, -0.1) is 11.3 Å². The minimum Gasteiger partial charge on any atom is -0.487 e. The van der Waals surface area contributed by atoms with Crippen LogP contribution in [0.5, 0.6) is 5.75 Å². The van der Waals surface area contributed by atoms with Gasteiger partial charge < -0.3 is 18.7 Å². The maximum atomic E-state index is 11.8. The molecule has 0 saturated heterocycles. The number of hydrogen-bond donors (Lipinski definition) is 0.